The number of hydrogen-bond donors (Lipinski definition) is 3. The highest BCUT2D eigenvalue weighted by Crippen LogP contribution is 2.26. The van der Waals surface area contributed by atoms with Gasteiger partial charge in [0, 0.05) is 30.3 Å². The molecule has 0 aliphatic carbocycles. The van der Waals surface area contributed by atoms with Gasteiger partial charge in [0.05, 0.1) is 5.70 Å². The molecule has 2 aliphatic heterocycles. The Bertz CT molecular complexity index is 801. The SMILES string of the molecule is Fc1cc(C2=CC(CNc3ccon3)ON2)ccc1C1=CCNCC1. The molecule has 25 heavy (non-hydrogen) atoms. The third-order valence-corrected chi connectivity index (χ3v) is 4.28. The molecule has 2 aliphatic rings. The van der Waals surface area contributed by atoms with Gasteiger partial charge in [0.15, 0.2) is 5.82 Å². The summed E-state index contributed by atoms with van der Waals surface area (Å²) in [4.78, 5) is 5.50. The van der Waals surface area contributed by atoms with Gasteiger partial charge < -0.3 is 15.2 Å². The number of nitrogens with one attached hydrogen (secondary N) is 3. The Labute approximate surface area is 144 Å². The molecule has 0 spiro atoms. The van der Waals surface area contributed by atoms with E-state index < -0.39 is 0 Å². The van der Waals surface area contributed by atoms with Gasteiger partial charge in [0.2, 0.25) is 0 Å². The van der Waals surface area contributed by atoms with Crippen molar-refractivity contribution in [2.24, 2.45) is 0 Å². The van der Waals surface area contributed by atoms with E-state index in [-0.39, 0.29) is 11.9 Å². The number of nitrogens with zero attached hydrogens (tertiary/aromatic N) is 1. The highest BCUT2D eigenvalue weighted by molar-refractivity contribution is 5.71. The topological polar surface area (TPSA) is 71.4 Å². The van der Waals surface area contributed by atoms with Gasteiger partial charge in [0.1, 0.15) is 18.2 Å². The minimum absolute atomic E-state index is 0.179. The molecule has 0 amide bonds. The highest BCUT2D eigenvalue weighted by atomic mass is 19.1. The zero-order chi connectivity index (χ0) is 17.1. The molecule has 4 rings (SSSR count). The van der Waals surface area contributed by atoms with Crippen molar-refractivity contribution >= 4 is 17.1 Å². The molecule has 0 radical (unpaired) electrons. The maximum atomic E-state index is 14.5. The average molecular weight is 342 g/mol. The molecule has 0 bridgehead atoms. The summed E-state index contributed by atoms with van der Waals surface area (Å²) < 4.78 is 19.3. The van der Waals surface area contributed by atoms with Crippen LogP contribution >= 0.6 is 0 Å². The van der Waals surface area contributed by atoms with Crippen LogP contribution < -0.4 is 16.1 Å². The van der Waals surface area contributed by atoms with Crippen molar-refractivity contribution < 1.29 is 13.8 Å². The maximum Gasteiger partial charge on any atom is 0.169 e. The molecule has 130 valence electrons. The first-order valence-electron chi connectivity index (χ1n) is 8.27. The lowest BCUT2D eigenvalue weighted by Gasteiger charge is -2.15. The number of rotatable bonds is 5. The minimum atomic E-state index is -0.211. The second-order valence-electron chi connectivity index (χ2n) is 5.98. The molecule has 1 aromatic heterocycles. The van der Waals surface area contributed by atoms with Gasteiger partial charge in [-0.15, -0.1) is 0 Å². The van der Waals surface area contributed by atoms with Gasteiger partial charge in [-0.25, -0.2) is 4.39 Å². The zero-order valence-corrected chi connectivity index (χ0v) is 13.6. The minimum Gasteiger partial charge on any atom is -0.364 e. The molecule has 0 fully saturated rings. The zero-order valence-electron chi connectivity index (χ0n) is 13.6. The lowest BCUT2D eigenvalue weighted by molar-refractivity contribution is 0.0590. The van der Waals surface area contributed by atoms with Crippen LogP contribution in [0.2, 0.25) is 0 Å². The lowest BCUT2D eigenvalue weighted by atomic mass is 9.97. The monoisotopic (exact) mass is 342 g/mol. The van der Waals surface area contributed by atoms with E-state index in [1.165, 1.54) is 6.26 Å². The first kappa shape index (κ1) is 15.9. The molecule has 6 nitrogen and oxygen atoms in total. The Morgan fingerprint density at radius 3 is 3.04 bits per heavy atom. The van der Waals surface area contributed by atoms with Crippen molar-refractivity contribution in [3.63, 3.8) is 0 Å². The maximum absolute atomic E-state index is 14.5. The summed E-state index contributed by atoms with van der Waals surface area (Å²) in [6, 6.07) is 7.03. The van der Waals surface area contributed by atoms with Crippen LogP contribution in [0, 0.1) is 5.82 Å². The number of aromatic nitrogens is 1. The summed E-state index contributed by atoms with van der Waals surface area (Å²) in [5, 5.41) is 10.1. The molecule has 1 atom stereocenters. The molecular formula is C18H19FN4O2. The van der Waals surface area contributed by atoms with Gasteiger partial charge in [-0.3, -0.25) is 10.3 Å². The Hall–Kier alpha value is -2.64. The molecule has 1 unspecified atom stereocenters. The van der Waals surface area contributed by atoms with Gasteiger partial charge in [-0.2, -0.15) is 0 Å². The van der Waals surface area contributed by atoms with Crippen LogP contribution in [0.3, 0.4) is 0 Å². The molecule has 7 heteroatoms. The average Bonchev–Trinajstić information content (AvgIpc) is 3.32. The Morgan fingerprint density at radius 2 is 2.28 bits per heavy atom. The predicted molar refractivity (Wildman–Crippen MR) is 92.8 cm³/mol. The fourth-order valence-corrected chi connectivity index (χ4v) is 2.97. The quantitative estimate of drug-likeness (QED) is 0.776. The normalized spacial score (nSPS) is 20.0. The summed E-state index contributed by atoms with van der Waals surface area (Å²) in [5.41, 5.74) is 6.12. The van der Waals surface area contributed by atoms with E-state index in [9.17, 15) is 4.39 Å². The first-order valence-corrected chi connectivity index (χ1v) is 8.27. The van der Waals surface area contributed by atoms with E-state index in [0.29, 0.717) is 17.9 Å². The van der Waals surface area contributed by atoms with Gasteiger partial charge >= 0.3 is 0 Å². The van der Waals surface area contributed by atoms with E-state index in [1.807, 2.05) is 24.3 Å². The van der Waals surface area contributed by atoms with Crippen LogP contribution in [0.25, 0.3) is 11.3 Å². The Kier molecular flexibility index (Phi) is 4.49. The summed E-state index contributed by atoms with van der Waals surface area (Å²) in [6.07, 6.45) is 6.13. The molecular weight excluding hydrogens is 323 g/mol. The van der Waals surface area contributed by atoms with Gasteiger partial charge in [0.25, 0.3) is 0 Å². The van der Waals surface area contributed by atoms with Crippen LogP contribution in [0.1, 0.15) is 17.5 Å². The summed E-state index contributed by atoms with van der Waals surface area (Å²) >= 11 is 0. The fraction of sp³-hybridized carbons (Fsp3) is 0.278. The van der Waals surface area contributed by atoms with E-state index in [4.69, 9.17) is 9.36 Å². The predicted octanol–water partition coefficient (Wildman–Crippen LogP) is 2.55. The molecule has 3 N–H and O–H groups in total. The first-order chi connectivity index (χ1) is 12.3. The van der Waals surface area contributed by atoms with Crippen LogP contribution in [0.4, 0.5) is 10.2 Å². The molecule has 1 aromatic carbocycles. The van der Waals surface area contributed by atoms with Crippen LogP contribution in [-0.4, -0.2) is 30.9 Å². The van der Waals surface area contributed by atoms with Crippen molar-refractivity contribution in [1.82, 2.24) is 16.0 Å². The third kappa shape index (κ3) is 3.57. The van der Waals surface area contributed by atoms with Crippen molar-refractivity contribution in [2.45, 2.75) is 12.5 Å². The smallest absolute Gasteiger partial charge is 0.169 e. The van der Waals surface area contributed by atoms with Gasteiger partial charge in [-0.05, 0) is 30.7 Å². The number of hydroxylamine groups is 1. The van der Waals surface area contributed by atoms with Gasteiger partial charge in [-0.1, -0.05) is 23.4 Å². The second kappa shape index (κ2) is 7.08. The second-order valence-corrected chi connectivity index (χ2v) is 5.98. The van der Waals surface area contributed by atoms with E-state index in [0.717, 1.165) is 36.3 Å². The number of hydrogen-bond acceptors (Lipinski definition) is 6. The standard InChI is InChI=1S/C18H19FN4O2/c19-16-9-13(1-2-15(16)12-3-6-20-7-4-12)17-10-14(25-22-17)11-21-18-5-8-24-23-18/h1-3,5,8-10,14,20,22H,4,6-7,11H2,(H,21,23). The Morgan fingerprint density at radius 1 is 1.32 bits per heavy atom. The van der Waals surface area contributed by atoms with E-state index in [2.05, 4.69) is 21.3 Å². The Balaban J connectivity index is 1.45. The van der Waals surface area contributed by atoms with Crippen molar-refractivity contribution in [3.05, 3.63) is 59.6 Å². The van der Waals surface area contributed by atoms with E-state index in [1.54, 1.807) is 12.1 Å². The fourth-order valence-electron chi connectivity index (χ4n) is 2.97. The largest absolute Gasteiger partial charge is 0.364 e. The lowest BCUT2D eigenvalue weighted by Crippen LogP contribution is -2.21. The van der Waals surface area contributed by atoms with Crippen molar-refractivity contribution in [3.8, 4) is 0 Å². The number of benzene rings is 1. The molecule has 3 heterocycles. The summed E-state index contributed by atoms with van der Waals surface area (Å²) in [6.45, 7) is 2.20. The van der Waals surface area contributed by atoms with E-state index >= 15 is 0 Å². The summed E-state index contributed by atoms with van der Waals surface area (Å²) in [5.74, 6) is 0.439. The summed E-state index contributed by atoms with van der Waals surface area (Å²) in [7, 11) is 0. The number of halogens is 1. The van der Waals surface area contributed by atoms with Crippen LogP contribution in [-0.2, 0) is 4.84 Å². The van der Waals surface area contributed by atoms with Crippen LogP contribution in [0.15, 0.2) is 47.2 Å². The molecule has 0 saturated heterocycles. The third-order valence-electron chi connectivity index (χ3n) is 4.28. The highest BCUT2D eigenvalue weighted by Gasteiger charge is 2.19. The van der Waals surface area contributed by atoms with Crippen molar-refractivity contribution in [2.75, 3.05) is 25.0 Å². The van der Waals surface area contributed by atoms with Crippen molar-refractivity contribution in [1.29, 1.82) is 0 Å². The molecule has 0 saturated carbocycles. The molecule has 2 aromatic rings. The van der Waals surface area contributed by atoms with Crippen LogP contribution in [0.5, 0.6) is 0 Å². The number of anilines is 1.